The Morgan fingerprint density at radius 2 is 2.17 bits per heavy atom. The molecule has 1 aromatic rings. The van der Waals surface area contributed by atoms with E-state index in [1.54, 1.807) is 24.3 Å². The Labute approximate surface area is 136 Å². The van der Waals surface area contributed by atoms with Gasteiger partial charge in [0.2, 0.25) is 0 Å². The first-order valence-electron chi connectivity index (χ1n) is 7.58. The van der Waals surface area contributed by atoms with Crippen LogP contribution in [0.4, 0.5) is 0 Å². The van der Waals surface area contributed by atoms with Crippen molar-refractivity contribution >= 4 is 5.91 Å². The number of carbonyl (C=O) groups excluding carboxylic acids is 1. The highest BCUT2D eigenvalue weighted by molar-refractivity contribution is 5.95. The lowest BCUT2D eigenvalue weighted by atomic mass is 10.1. The summed E-state index contributed by atoms with van der Waals surface area (Å²) in [7, 11) is 1.49. The zero-order valence-corrected chi connectivity index (χ0v) is 13.6. The number of carbonyl (C=O) groups is 1. The number of ether oxygens (including phenoxy) is 2. The predicted molar refractivity (Wildman–Crippen MR) is 87.9 cm³/mol. The second-order valence-corrected chi connectivity index (χ2v) is 5.08. The maximum absolute atomic E-state index is 12.3. The fourth-order valence-electron chi connectivity index (χ4n) is 2.09. The molecule has 1 rings (SSSR count). The van der Waals surface area contributed by atoms with E-state index in [9.17, 15) is 15.0 Å². The second kappa shape index (κ2) is 9.86. The summed E-state index contributed by atoms with van der Waals surface area (Å²) >= 11 is 0. The minimum atomic E-state index is -0.786. The highest BCUT2D eigenvalue weighted by Gasteiger charge is 2.21. The van der Waals surface area contributed by atoms with E-state index >= 15 is 0 Å². The molecule has 0 fully saturated rings. The minimum Gasteiger partial charge on any atom is -0.493 e. The van der Waals surface area contributed by atoms with Gasteiger partial charge >= 0.3 is 0 Å². The third-order valence-electron chi connectivity index (χ3n) is 3.34. The van der Waals surface area contributed by atoms with Gasteiger partial charge in [-0.25, -0.2) is 0 Å². The Bertz CT molecular complexity index is 518. The third-order valence-corrected chi connectivity index (χ3v) is 3.34. The largest absolute Gasteiger partial charge is 0.493 e. The van der Waals surface area contributed by atoms with E-state index in [2.05, 4.69) is 11.9 Å². The van der Waals surface area contributed by atoms with Crippen LogP contribution in [0.3, 0.4) is 0 Å². The summed E-state index contributed by atoms with van der Waals surface area (Å²) < 4.78 is 10.6. The molecule has 2 atom stereocenters. The van der Waals surface area contributed by atoms with Gasteiger partial charge in [0.15, 0.2) is 11.5 Å². The highest BCUT2D eigenvalue weighted by atomic mass is 16.5. The smallest absolute Gasteiger partial charge is 0.251 e. The van der Waals surface area contributed by atoms with E-state index in [1.807, 2.05) is 6.92 Å². The number of aliphatic hydroxyl groups excluding tert-OH is 2. The molecule has 0 saturated carbocycles. The van der Waals surface area contributed by atoms with E-state index in [0.29, 0.717) is 30.1 Å². The molecule has 0 aliphatic heterocycles. The maximum atomic E-state index is 12.3. The van der Waals surface area contributed by atoms with Crippen LogP contribution in [-0.4, -0.2) is 48.6 Å². The number of nitrogens with one attached hydrogen (secondary N) is 1. The van der Waals surface area contributed by atoms with Crippen LogP contribution in [0.2, 0.25) is 0 Å². The Kier molecular flexibility index (Phi) is 8.15. The number of rotatable bonds is 10. The summed E-state index contributed by atoms with van der Waals surface area (Å²) in [5, 5.41) is 21.9. The molecule has 128 valence electrons. The van der Waals surface area contributed by atoms with Gasteiger partial charge in [0, 0.05) is 5.56 Å². The monoisotopic (exact) mass is 323 g/mol. The molecular weight excluding hydrogens is 298 g/mol. The summed E-state index contributed by atoms with van der Waals surface area (Å²) in [5.41, 5.74) is 0.356. The number of methoxy groups -OCH3 is 1. The zero-order valence-electron chi connectivity index (χ0n) is 13.6. The molecule has 0 saturated heterocycles. The molecule has 0 bridgehead atoms. The summed E-state index contributed by atoms with van der Waals surface area (Å²) in [6.07, 6.45) is 2.09. The van der Waals surface area contributed by atoms with Gasteiger partial charge in [0.25, 0.3) is 5.91 Å². The summed E-state index contributed by atoms with van der Waals surface area (Å²) in [6, 6.07) is 4.07. The van der Waals surface area contributed by atoms with Gasteiger partial charge in [0.1, 0.15) is 6.61 Å². The van der Waals surface area contributed by atoms with Crippen LogP contribution < -0.4 is 14.8 Å². The molecule has 0 aliphatic rings. The van der Waals surface area contributed by atoms with Crippen LogP contribution in [0.25, 0.3) is 0 Å². The van der Waals surface area contributed by atoms with E-state index < -0.39 is 18.1 Å². The number of hydrogen-bond acceptors (Lipinski definition) is 5. The van der Waals surface area contributed by atoms with Gasteiger partial charge in [-0.3, -0.25) is 4.79 Å². The van der Waals surface area contributed by atoms with Crippen molar-refractivity contribution in [2.45, 2.75) is 31.9 Å². The Hall–Kier alpha value is -2.05. The van der Waals surface area contributed by atoms with E-state index in [0.717, 1.165) is 6.42 Å². The van der Waals surface area contributed by atoms with Gasteiger partial charge in [-0.1, -0.05) is 26.0 Å². The molecule has 23 heavy (non-hydrogen) atoms. The van der Waals surface area contributed by atoms with Gasteiger partial charge in [-0.2, -0.15) is 0 Å². The quantitative estimate of drug-likeness (QED) is 0.568. The van der Waals surface area contributed by atoms with Crippen molar-refractivity contribution in [2.24, 2.45) is 0 Å². The molecule has 0 unspecified atom stereocenters. The first-order valence-corrected chi connectivity index (χ1v) is 7.58. The Morgan fingerprint density at radius 3 is 2.74 bits per heavy atom. The van der Waals surface area contributed by atoms with E-state index in [1.165, 1.54) is 7.11 Å². The molecule has 0 heterocycles. The fourth-order valence-corrected chi connectivity index (χ4v) is 2.09. The SMILES string of the molecule is C=CCOc1ccc(C(=O)N[C@H](CO)[C@H](O)CCC)cc1OC. The molecule has 0 radical (unpaired) electrons. The standard InChI is InChI=1S/C17H25NO5/c1-4-6-14(20)13(11-19)18-17(21)12-7-8-15(23-9-5-2)16(10-12)22-3/h5,7-8,10,13-14,19-20H,2,4,6,9,11H2,1,3H3,(H,18,21)/t13-,14-/m1/s1. The molecule has 3 N–H and O–H groups in total. The predicted octanol–water partition coefficient (Wildman–Crippen LogP) is 1.51. The van der Waals surface area contributed by atoms with Crippen LogP contribution in [0.15, 0.2) is 30.9 Å². The van der Waals surface area contributed by atoms with Crippen molar-refractivity contribution in [3.63, 3.8) is 0 Å². The van der Waals surface area contributed by atoms with Crippen LogP contribution in [-0.2, 0) is 0 Å². The van der Waals surface area contributed by atoms with Gasteiger partial charge in [-0.15, -0.1) is 0 Å². The van der Waals surface area contributed by atoms with Gasteiger partial charge in [0.05, 0.1) is 25.9 Å². The normalized spacial score (nSPS) is 13.0. The number of amides is 1. The van der Waals surface area contributed by atoms with Crippen molar-refractivity contribution in [3.05, 3.63) is 36.4 Å². The van der Waals surface area contributed by atoms with Crippen molar-refractivity contribution in [2.75, 3.05) is 20.3 Å². The molecule has 0 spiro atoms. The van der Waals surface area contributed by atoms with Crippen LogP contribution in [0.5, 0.6) is 11.5 Å². The number of benzene rings is 1. The van der Waals surface area contributed by atoms with Crippen LogP contribution in [0.1, 0.15) is 30.1 Å². The summed E-state index contributed by atoms with van der Waals surface area (Å²) in [5.74, 6) is 0.538. The lowest BCUT2D eigenvalue weighted by Crippen LogP contribution is -2.45. The van der Waals surface area contributed by atoms with Crippen molar-refractivity contribution in [3.8, 4) is 11.5 Å². The van der Waals surface area contributed by atoms with E-state index in [-0.39, 0.29) is 6.61 Å². The number of hydrogen-bond donors (Lipinski definition) is 3. The van der Waals surface area contributed by atoms with Crippen molar-refractivity contribution < 1.29 is 24.5 Å². The maximum Gasteiger partial charge on any atom is 0.251 e. The molecule has 0 aliphatic carbocycles. The molecule has 0 aromatic heterocycles. The lowest BCUT2D eigenvalue weighted by Gasteiger charge is -2.22. The van der Waals surface area contributed by atoms with Gasteiger partial charge in [-0.05, 0) is 24.6 Å². The summed E-state index contributed by atoms with van der Waals surface area (Å²) in [4.78, 5) is 12.3. The topological polar surface area (TPSA) is 88.0 Å². The van der Waals surface area contributed by atoms with Crippen LogP contribution >= 0.6 is 0 Å². The average molecular weight is 323 g/mol. The van der Waals surface area contributed by atoms with Gasteiger partial charge < -0.3 is 25.0 Å². The Balaban J connectivity index is 2.84. The minimum absolute atomic E-state index is 0.329. The van der Waals surface area contributed by atoms with Crippen molar-refractivity contribution in [1.82, 2.24) is 5.32 Å². The first-order chi connectivity index (χ1) is 11.1. The van der Waals surface area contributed by atoms with Crippen molar-refractivity contribution in [1.29, 1.82) is 0 Å². The molecule has 6 heteroatoms. The third kappa shape index (κ3) is 5.58. The highest BCUT2D eigenvalue weighted by Crippen LogP contribution is 2.28. The Morgan fingerprint density at radius 1 is 1.43 bits per heavy atom. The van der Waals surface area contributed by atoms with E-state index in [4.69, 9.17) is 9.47 Å². The molecule has 6 nitrogen and oxygen atoms in total. The lowest BCUT2D eigenvalue weighted by molar-refractivity contribution is 0.0669. The fraction of sp³-hybridized carbons (Fsp3) is 0.471. The summed E-state index contributed by atoms with van der Waals surface area (Å²) in [6.45, 7) is 5.50. The number of aliphatic hydroxyl groups is 2. The first kappa shape index (κ1) is 19.0. The molecular formula is C17H25NO5. The molecule has 1 amide bonds. The average Bonchev–Trinajstić information content (AvgIpc) is 2.57. The second-order valence-electron chi connectivity index (χ2n) is 5.08. The molecule has 1 aromatic carbocycles. The van der Waals surface area contributed by atoms with Crippen LogP contribution in [0, 0.1) is 0 Å². The zero-order chi connectivity index (χ0) is 17.2.